The van der Waals surface area contributed by atoms with Gasteiger partial charge in [0.2, 0.25) is 15.9 Å². The predicted molar refractivity (Wildman–Crippen MR) is 170 cm³/mol. The van der Waals surface area contributed by atoms with Crippen molar-refractivity contribution in [2.45, 2.75) is 49.6 Å². The normalized spacial score (nSPS) is 19.6. The molecule has 3 aromatic rings. The Balaban J connectivity index is 1.38. The van der Waals surface area contributed by atoms with E-state index in [-0.39, 0.29) is 30.0 Å². The van der Waals surface area contributed by atoms with Crippen LogP contribution >= 0.6 is 0 Å². The van der Waals surface area contributed by atoms with Crippen LogP contribution in [0.5, 0.6) is 0 Å². The number of carbonyl (C=O) groups excluding carboxylic acids is 2. The summed E-state index contributed by atoms with van der Waals surface area (Å²) in [4.78, 5) is 42.0. The lowest BCUT2D eigenvalue weighted by Gasteiger charge is -2.37. The number of carboxylic acid groups (broad SMARTS) is 1. The second-order valence-corrected chi connectivity index (χ2v) is 14.6. The van der Waals surface area contributed by atoms with Crippen molar-refractivity contribution in [3.8, 4) is 0 Å². The van der Waals surface area contributed by atoms with Crippen LogP contribution in [0.2, 0.25) is 0 Å². The fraction of sp³-hybridized carbons (Fsp3) is 0.419. The summed E-state index contributed by atoms with van der Waals surface area (Å²) < 4.78 is 61.6. The average Bonchev–Trinajstić information content (AvgIpc) is 3.68. The highest BCUT2D eigenvalue weighted by atomic mass is 32.2. The van der Waals surface area contributed by atoms with E-state index in [4.69, 9.17) is 10.5 Å². The average molecular weight is 688 g/mol. The number of primary amides is 1. The van der Waals surface area contributed by atoms with Crippen LogP contribution < -0.4 is 20.9 Å². The van der Waals surface area contributed by atoms with E-state index >= 15 is 0 Å². The number of nitrogens with two attached hydrogens (primary N) is 1. The zero-order valence-corrected chi connectivity index (χ0v) is 27.1. The molecule has 0 bridgehead atoms. The third kappa shape index (κ3) is 6.08. The van der Waals surface area contributed by atoms with E-state index in [0.29, 0.717) is 74.4 Å². The number of carboxylic acids is 1. The maximum absolute atomic E-state index is 14.0. The summed E-state index contributed by atoms with van der Waals surface area (Å²) in [6.45, 7) is 5.33. The molecule has 0 aliphatic carbocycles. The molecule has 0 unspecified atom stereocenters. The molecule has 1 aromatic heterocycles. The van der Waals surface area contributed by atoms with Crippen LogP contribution in [0, 0.1) is 11.6 Å². The van der Waals surface area contributed by atoms with Gasteiger partial charge in [-0.25, -0.2) is 22.0 Å². The molecule has 2 fully saturated rings. The minimum absolute atomic E-state index is 0.0211. The molecule has 256 valence electrons. The van der Waals surface area contributed by atoms with Gasteiger partial charge in [0.1, 0.15) is 17.7 Å². The van der Waals surface area contributed by atoms with Gasteiger partial charge in [-0.15, -0.1) is 0 Å². The first kappa shape index (κ1) is 33.3. The quantitative estimate of drug-likeness (QED) is 0.274. The number of anilines is 3. The number of sulfonamides is 1. The van der Waals surface area contributed by atoms with Gasteiger partial charge in [0.05, 0.1) is 40.6 Å². The van der Waals surface area contributed by atoms with E-state index in [1.807, 2.05) is 4.90 Å². The molecule has 0 spiro atoms. The molecule has 5 N–H and O–H groups in total. The van der Waals surface area contributed by atoms with Gasteiger partial charge in [-0.1, -0.05) is 13.8 Å². The Hall–Kier alpha value is -4.61. The third-order valence-electron chi connectivity index (χ3n) is 8.98. The van der Waals surface area contributed by atoms with Crippen molar-refractivity contribution < 1.29 is 41.4 Å². The number of hydrogen-bond donors (Lipinski definition) is 4. The maximum Gasteiger partial charge on any atom is 0.326 e. The van der Waals surface area contributed by atoms with Crippen LogP contribution in [0.25, 0.3) is 0 Å². The molecule has 14 nitrogen and oxygen atoms in total. The Kier molecular flexibility index (Phi) is 8.63. The first-order valence-electron chi connectivity index (χ1n) is 15.3. The predicted octanol–water partition coefficient (Wildman–Crippen LogP) is 2.41. The molecule has 2 aromatic carbocycles. The number of benzene rings is 2. The molecular formula is C31H35F2N7O7S. The van der Waals surface area contributed by atoms with Gasteiger partial charge in [-0.2, -0.15) is 9.40 Å². The van der Waals surface area contributed by atoms with Crippen LogP contribution in [-0.4, -0.2) is 91.2 Å². The third-order valence-corrected chi connectivity index (χ3v) is 10.7. The molecule has 4 heterocycles. The molecule has 2 saturated heterocycles. The second kappa shape index (κ2) is 12.4. The number of aromatic amines is 1. The zero-order chi connectivity index (χ0) is 34.5. The summed E-state index contributed by atoms with van der Waals surface area (Å²) in [6, 6.07) is 4.14. The number of hydrogen-bond acceptors (Lipinski definition) is 9. The van der Waals surface area contributed by atoms with Crippen molar-refractivity contribution in [1.29, 1.82) is 0 Å². The lowest BCUT2D eigenvalue weighted by atomic mass is 9.84. The largest absolute Gasteiger partial charge is 0.480 e. The number of morpholine rings is 1. The zero-order valence-electron chi connectivity index (χ0n) is 26.3. The molecule has 48 heavy (non-hydrogen) atoms. The number of ether oxygens (including phenoxy) is 1. The Morgan fingerprint density at radius 1 is 1.04 bits per heavy atom. The highest BCUT2D eigenvalue weighted by molar-refractivity contribution is 7.89. The Morgan fingerprint density at radius 2 is 1.71 bits per heavy atom. The number of aromatic nitrogens is 2. The Bertz CT molecular complexity index is 1890. The number of fused-ring (bicyclic) bond motifs is 1. The van der Waals surface area contributed by atoms with E-state index in [0.717, 1.165) is 16.4 Å². The van der Waals surface area contributed by atoms with Gasteiger partial charge < -0.3 is 30.7 Å². The summed E-state index contributed by atoms with van der Waals surface area (Å²) in [5, 5.41) is 19.8. The Labute approximate surface area is 274 Å². The summed E-state index contributed by atoms with van der Waals surface area (Å²) >= 11 is 0. The SMILES string of the molecule is CC1(C)CN(S(=O)(=O)c2cc(F)cc(F)c2)Cc2c(NC(=O)c3cc(N4CCC[C@H]4C(=O)O)c(N4CCOCC4)cc3C(N)=O)n[nH]c21. The summed E-state index contributed by atoms with van der Waals surface area (Å²) in [5.41, 5.74) is 6.52. The molecule has 1 atom stereocenters. The van der Waals surface area contributed by atoms with Crippen LogP contribution in [0.4, 0.5) is 26.0 Å². The Morgan fingerprint density at radius 3 is 2.35 bits per heavy atom. The monoisotopic (exact) mass is 687 g/mol. The summed E-state index contributed by atoms with van der Waals surface area (Å²) in [6.07, 6.45) is 1.00. The van der Waals surface area contributed by atoms with Crippen LogP contribution in [0.1, 0.15) is 58.7 Å². The minimum atomic E-state index is -4.39. The highest BCUT2D eigenvalue weighted by Crippen LogP contribution is 2.40. The summed E-state index contributed by atoms with van der Waals surface area (Å²) in [5.74, 6) is -4.81. The van der Waals surface area contributed by atoms with E-state index < -0.39 is 55.8 Å². The van der Waals surface area contributed by atoms with Gasteiger partial charge in [0, 0.05) is 55.5 Å². The van der Waals surface area contributed by atoms with Crippen LogP contribution in [-0.2, 0) is 31.5 Å². The number of halogens is 2. The van der Waals surface area contributed by atoms with E-state index in [1.165, 1.54) is 12.1 Å². The fourth-order valence-electron chi connectivity index (χ4n) is 6.67. The van der Waals surface area contributed by atoms with Gasteiger partial charge in [-0.3, -0.25) is 14.7 Å². The lowest BCUT2D eigenvalue weighted by Crippen LogP contribution is -2.45. The number of rotatable bonds is 8. The molecule has 3 aliphatic rings. The van der Waals surface area contributed by atoms with E-state index in [9.17, 15) is 36.7 Å². The summed E-state index contributed by atoms with van der Waals surface area (Å²) in [7, 11) is -4.39. The standard InChI is InChI=1S/C31H35F2N7O7S/c1-31(2)16-39(48(45,46)19-11-17(32)10-18(33)12-19)15-22-26(31)36-37-28(22)35-29(42)21-14-25(40-5-3-4-23(40)30(43)44)24(13-20(21)27(34)41)38-6-8-47-9-7-38/h10-14,23H,3-9,15-16H2,1-2H3,(H2,34,41)(H,43,44)(H2,35,36,37,42)/t23-/m0/s1. The van der Waals surface area contributed by atoms with E-state index in [1.54, 1.807) is 18.7 Å². The molecule has 3 aliphatic heterocycles. The van der Waals surface area contributed by atoms with Crippen molar-refractivity contribution in [3.05, 3.63) is 64.4 Å². The maximum atomic E-state index is 14.0. The van der Waals surface area contributed by atoms with Crippen molar-refractivity contribution >= 4 is 45.0 Å². The lowest BCUT2D eigenvalue weighted by molar-refractivity contribution is -0.138. The van der Waals surface area contributed by atoms with Gasteiger partial charge in [0.25, 0.3) is 5.91 Å². The highest BCUT2D eigenvalue weighted by Gasteiger charge is 2.41. The first-order valence-corrected chi connectivity index (χ1v) is 16.8. The number of carbonyl (C=O) groups is 3. The van der Waals surface area contributed by atoms with Gasteiger partial charge in [-0.05, 0) is 37.1 Å². The van der Waals surface area contributed by atoms with Gasteiger partial charge in [0.15, 0.2) is 5.82 Å². The van der Waals surface area contributed by atoms with Crippen molar-refractivity contribution in [3.63, 3.8) is 0 Å². The molecular weight excluding hydrogens is 652 g/mol. The topological polar surface area (TPSA) is 191 Å². The molecule has 2 amide bonds. The minimum Gasteiger partial charge on any atom is -0.480 e. The molecule has 0 saturated carbocycles. The second-order valence-electron chi connectivity index (χ2n) is 12.7. The van der Waals surface area contributed by atoms with Crippen molar-refractivity contribution in [2.24, 2.45) is 5.73 Å². The molecule has 6 rings (SSSR count). The molecule has 0 radical (unpaired) electrons. The number of H-pyrrole nitrogens is 1. The number of aliphatic carboxylic acids is 1. The fourth-order valence-corrected chi connectivity index (χ4v) is 8.29. The van der Waals surface area contributed by atoms with Crippen LogP contribution in [0.3, 0.4) is 0 Å². The van der Waals surface area contributed by atoms with Gasteiger partial charge >= 0.3 is 5.97 Å². The number of nitrogens with zero attached hydrogens (tertiary/aromatic N) is 4. The first-order chi connectivity index (χ1) is 22.7. The number of nitrogens with one attached hydrogen (secondary N) is 2. The molecule has 17 heteroatoms. The van der Waals surface area contributed by atoms with Crippen molar-refractivity contribution in [2.75, 3.05) is 54.5 Å². The van der Waals surface area contributed by atoms with Crippen LogP contribution in [0.15, 0.2) is 35.2 Å². The van der Waals surface area contributed by atoms with E-state index in [2.05, 4.69) is 15.5 Å². The smallest absolute Gasteiger partial charge is 0.326 e. The number of amides is 2. The van der Waals surface area contributed by atoms with Crippen molar-refractivity contribution in [1.82, 2.24) is 14.5 Å².